The van der Waals surface area contributed by atoms with Crippen molar-refractivity contribution in [3.8, 4) is 0 Å². The van der Waals surface area contributed by atoms with Crippen molar-refractivity contribution in [1.29, 1.82) is 0 Å². The molecule has 0 saturated heterocycles. The molecule has 0 fully saturated rings. The Hall–Kier alpha value is -2.35. The molecular formula is C16H14NO. The van der Waals surface area contributed by atoms with Crippen molar-refractivity contribution in [2.75, 3.05) is 0 Å². The van der Waals surface area contributed by atoms with E-state index < -0.39 is 0 Å². The second kappa shape index (κ2) is 6.40. The molecule has 0 aromatic heterocycles. The average molecular weight is 236 g/mol. The minimum atomic E-state index is 0.432. The Balaban J connectivity index is 1.88. The third-order valence-corrected chi connectivity index (χ3v) is 2.43. The maximum Gasteiger partial charge on any atom is 0.142 e. The van der Waals surface area contributed by atoms with E-state index in [0.717, 1.165) is 16.7 Å². The first-order chi connectivity index (χ1) is 8.88. The van der Waals surface area contributed by atoms with Crippen molar-refractivity contribution in [1.82, 2.24) is 0 Å². The molecule has 0 spiro atoms. The van der Waals surface area contributed by atoms with E-state index in [0.29, 0.717) is 6.61 Å². The lowest BCUT2D eigenvalue weighted by Crippen LogP contribution is -1.88. The van der Waals surface area contributed by atoms with Gasteiger partial charge in [-0.05, 0) is 17.2 Å². The van der Waals surface area contributed by atoms with Crippen LogP contribution < -0.4 is 0 Å². The number of rotatable bonds is 5. The molecule has 18 heavy (non-hydrogen) atoms. The third kappa shape index (κ3) is 3.59. The zero-order chi connectivity index (χ0) is 12.6. The topological polar surface area (TPSA) is 21.6 Å². The Morgan fingerprint density at radius 1 is 1.11 bits per heavy atom. The van der Waals surface area contributed by atoms with E-state index in [1.165, 1.54) is 0 Å². The predicted octanol–water partition coefficient (Wildman–Crippen LogP) is 3.76. The number of hydrogen-bond donors (Lipinski definition) is 0. The Morgan fingerprint density at radius 2 is 1.94 bits per heavy atom. The van der Waals surface area contributed by atoms with Crippen LogP contribution in [0.3, 0.4) is 0 Å². The highest BCUT2D eigenvalue weighted by Crippen LogP contribution is 2.07. The van der Waals surface area contributed by atoms with E-state index in [9.17, 15) is 0 Å². The molecule has 0 aliphatic rings. The second-order valence-corrected chi connectivity index (χ2v) is 3.79. The summed E-state index contributed by atoms with van der Waals surface area (Å²) in [5, 5.41) is 3.82. The van der Waals surface area contributed by atoms with Gasteiger partial charge in [0.1, 0.15) is 12.8 Å². The lowest BCUT2D eigenvalue weighted by atomic mass is 10.1. The summed E-state index contributed by atoms with van der Waals surface area (Å²) < 4.78 is 0. The summed E-state index contributed by atoms with van der Waals surface area (Å²) >= 11 is 0. The number of benzene rings is 2. The fourth-order valence-corrected chi connectivity index (χ4v) is 1.51. The first-order valence-corrected chi connectivity index (χ1v) is 5.73. The van der Waals surface area contributed by atoms with Gasteiger partial charge in [0.25, 0.3) is 0 Å². The zero-order valence-corrected chi connectivity index (χ0v) is 10.0. The number of nitrogens with zero attached hydrogens (tertiary/aromatic N) is 1. The number of hydrogen-bond acceptors (Lipinski definition) is 2. The van der Waals surface area contributed by atoms with Crippen LogP contribution in [0.25, 0.3) is 6.08 Å². The monoisotopic (exact) mass is 236 g/mol. The maximum atomic E-state index is 5.20. The van der Waals surface area contributed by atoms with Crippen molar-refractivity contribution in [3.63, 3.8) is 0 Å². The highest BCUT2D eigenvalue weighted by molar-refractivity contribution is 5.78. The van der Waals surface area contributed by atoms with Gasteiger partial charge in [0.05, 0.1) is 0 Å². The molecule has 0 heterocycles. The van der Waals surface area contributed by atoms with Gasteiger partial charge in [-0.15, -0.1) is 0 Å². The van der Waals surface area contributed by atoms with Gasteiger partial charge in [-0.1, -0.05) is 66.3 Å². The third-order valence-electron chi connectivity index (χ3n) is 2.43. The first-order valence-electron chi connectivity index (χ1n) is 5.73. The molecule has 0 aliphatic carbocycles. The van der Waals surface area contributed by atoms with Crippen molar-refractivity contribution >= 4 is 12.3 Å². The fourth-order valence-electron chi connectivity index (χ4n) is 1.51. The Labute approximate surface area is 107 Å². The van der Waals surface area contributed by atoms with Crippen LogP contribution in [0.5, 0.6) is 0 Å². The van der Waals surface area contributed by atoms with E-state index in [2.05, 4.69) is 17.9 Å². The molecule has 0 amide bonds. The normalized spacial score (nSPS) is 10.4. The van der Waals surface area contributed by atoms with E-state index in [-0.39, 0.29) is 0 Å². The summed E-state index contributed by atoms with van der Waals surface area (Å²) in [6.45, 7) is 4.16. The first kappa shape index (κ1) is 12.1. The van der Waals surface area contributed by atoms with Crippen LogP contribution >= 0.6 is 0 Å². The van der Waals surface area contributed by atoms with Gasteiger partial charge in [-0.25, -0.2) is 0 Å². The van der Waals surface area contributed by atoms with Crippen molar-refractivity contribution < 1.29 is 4.84 Å². The van der Waals surface area contributed by atoms with Crippen LogP contribution in [0.4, 0.5) is 0 Å². The molecule has 1 radical (unpaired) electrons. The van der Waals surface area contributed by atoms with Crippen LogP contribution in [0.2, 0.25) is 0 Å². The van der Waals surface area contributed by atoms with Crippen LogP contribution in [0.1, 0.15) is 16.7 Å². The SMILES string of the molecule is C=Cc1cccc(CO/N=[C]\c2ccccc2)c1. The van der Waals surface area contributed by atoms with Crippen molar-refractivity contribution in [2.45, 2.75) is 6.61 Å². The maximum absolute atomic E-state index is 5.20. The molecule has 2 rings (SSSR count). The van der Waals surface area contributed by atoms with Gasteiger partial charge in [0.2, 0.25) is 0 Å². The Kier molecular flexibility index (Phi) is 4.31. The molecule has 2 aromatic rings. The van der Waals surface area contributed by atoms with E-state index in [1.807, 2.05) is 60.7 Å². The summed E-state index contributed by atoms with van der Waals surface area (Å²) in [6, 6.07) is 17.6. The summed E-state index contributed by atoms with van der Waals surface area (Å²) in [5.74, 6) is 0. The minimum absolute atomic E-state index is 0.432. The van der Waals surface area contributed by atoms with Gasteiger partial charge < -0.3 is 4.84 Å². The Bertz CT molecular complexity index is 532. The van der Waals surface area contributed by atoms with E-state index in [4.69, 9.17) is 4.84 Å². The lowest BCUT2D eigenvalue weighted by Gasteiger charge is -2.00. The Morgan fingerprint density at radius 3 is 2.72 bits per heavy atom. The van der Waals surface area contributed by atoms with Crippen LogP contribution in [-0.4, -0.2) is 6.21 Å². The fraction of sp³-hybridized carbons (Fsp3) is 0.0625. The minimum Gasteiger partial charge on any atom is -0.390 e. The van der Waals surface area contributed by atoms with Crippen LogP contribution in [-0.2, 0) is 11.4 Å². The van der Waals surface area contributed by atoms with Crippen LogP contribution in [0.15, 0.2) is 66.3 Å². The highest BCUT2D eigenvalue weighted by atomic mass is 16.6. The van der Waals surface area contributed by atoms with Crippen molar-refractivity contribution in [2.24, 2.45) is 5.16 Å². The standard InChI is InChI=1S/C16H14NO/c1-2-14-9-6-10-16(11-14)13-18-17-12-15-7-4-3-5-8-15/h2-11H,1,13H2. The molecule has 2 aromatic carbocycles. The average Bonchev–Trinajstić information content (AvgIpc) is 2.45. The zero-order valence-electron chi connectivity index (χ0n) is 10.0. The molecule has 0 atom stereocenters. The summed E-state index contributed by atoms with van der Waals surface area (Å²) in [4.78, 5) is 5.20. The molecule has 2 heteroatoms. The molecule has 0 aliphatic heterocycles. The second-order valence-electron chi connectivity index (χ2n) is 3.79. The molecule has 89 valence electrons. The molecule has 0 saturated carbocycles. The lowest BCUT2D eigenvalue weighted by molar-refractivity contribution is 0.132. The largest absolute Gasteiger partial charge is 0.390 e. The van der Waals surface area contributed by atoms with Gasteiger partial charge in [0, 0.05) is 5.56 Å². The van der Waals surface area contributed by atoms with E-state index in [1.54, 1.807) is 0 Å². The molecule has 2 nitrogen and oxygen atoms in total. The highest BCUT2D eigenvalue weighted by Gasteiger charge is 1.93. The van der Waals surface area contributed by atoms with Gasteiger partial charge >= 0.3 is 0 Å². The van der Waals surface area contributed by atoms with Crippen LogP contribution in [0, 0.1) is 0 Å². The quantitative estimate of drug-likeness (QED) is 0.572. The molecule has 0 N–H and O–H groups in total. The smallest absolute Gasteiger partial charge is 0.142 e. The van der Waals surface area contributed by atoms with Gasteiger partial charge in [-0.2, -0.15) is 0 Å². The summed E-state index contributed by atoms with van der Waals surface area (Å²) in [6.07, 6.45) is 4.63. The van der Waals surface area contributed by atoms with Crippen molar-refractivity contribution in [3.05, 3.63) is 77.9 Å². The van der Waals surface area contributed by atoms with Gasteiger partial charge in [0.15, 0.2) is 0 Å². The van der Waals surface area contributed by atoms with Gasteiger partial charge in [-0.3, -0.25) is 0 Å². The molecular weight excluding hydrogens is 222 g/mol. The molecule has 0 unspecified atom stereocenters. The predicted molar refractivity (Wildman–Crippen MR) is 74.3 cm³/mol. The molecule has 0 bridgehead atoms. The summed E-state index contributed by atoms with van der Waals surface area (Å²) in [5.41, 5.74) is 3.04. The van der Waals surface area contributed by atoms with E-state index >= 15 is 0 Å². The summed E-state index contributed by atoms with van der Waals surface area (Å²) in [7, 11) is 0.